The molecular formula is C15H19NO2. The molecule has 0 aliphatic heterocycles. The van der Waals surface area contributed by atoms with Crippen LogP contribution >= 0.6 is 0 Å². The minimum Gasteiger partial charge on any atom is -0.494 e. The summed E-state index contributed by atoms with van der Waals surface area (Å²) < 4.78 is 5.37. The van der Waals surface area contributed by atoms with Gasteiger partial charge in [-0.25, -0.2) is 0 Å². The topological polar surface area (TPSA) is 53.2 Å². The molecule has 1 aliphatic carbocycles. The van der Waals surface area contributed by atoms with Crippen molar-refractivity contribution >= 4 is 0 Å². The third-order valence-electron chi connectivity index (χ3n) is 3.75. The Bertz CT molecular complexity index is 427. The summed E-state index contributed by atoms with van der Waals surface area (Å²) in [6.07, 6.45) is 2.94. The zero-order valence-corrected chi connectivity index (χ0v) is 10.7. The van der Waals surface area contributed by atoms with Gasteiger partial charge in [-0.05, 0) is 37.5 Å². The highest BCUT2D eigenvalue weighted by atomic mass is 16.5. The standard InChI is InChI=1S/C15H19NO2/c1-2-18-13-7-5-12(6-8-13)14(17)15(11-16)9-3-4-10-15/h5-8,14,17H,2-4,9-10H2,1H3. The van der Waals surface area contributed by atoms with Crippen LogP contribution in [0.2, 0.25) is 0 Å². The molecule has 0 spiro atoms. The SMILES string of the molecule is CCOc1ccc(C(O)C2(C#N)CCCC2)cc1. The second-order valence-corrected chi connectivity index (χ2v) is 4.88. The number of ether oxygens (including phenoxy) is 1. The Hall–Kier alpha value is -1.53. The molecule has 2 rings (SSSR count). The van der Waals surface area contributed by atoms with Crippen molar-refractivity contribution in [2.75, 3.05) is 6.61 Å². The Morgan fingerprint density at radius 2 is 1.94 bits per heavy atom. The number of hydrogen-bond acceptors (Lipinski definition) is 3. The average molecular weight is 245 g/mol. The quantitative estimate of drug-likeness (QED) is 0.886. The fraction of sp³-hybridized carbons (Fsp3) is 0.533. The number of benzene rings is 1. The van der Waals surface area contributed by atoms with Gasteiger partial charge in [-0.3, -0.25) is 0 Å². The van der Waals surface area contributed by atoms with Crippen molar-refractivity contribution in [3.05, 3.63) is 29.8 Å². The van der Waals surface area contributed by atoms with E-state index in [1.807, 2.05) is 31.2 Å². The van der Waals surface area contributed by atoms with Gasteiger partial charge in [-0.1, -0.05) is 25.0 Å². The highest BCUT2D eigenvalue weighted by molar-refractivity contribution is 5.31. The monoisotopic (exact) mass is 245 g/mol. The van der Waals surface area contributed by atoms with Crippen molar-refractivity contribution in [1.29, 1.82) is 5.26 Å². The second-order valence-electron chi connectivity index (χ2n) is 4.88. The molecule has 0 heterocycles. The summed E-state index contributed by atoms with van der Waals surface area (Å²) in [6.45, 7) is 2.57. The van der Waals surface area contributed by atoms with Crippen molar-refractivity contribution in [2.24, 2.45) is 5.41 Å². The molecule has 1 aromatic rings. The molecule has 3 heteroatoms. The molecule has 18 heavy (non-hydrogen) atoms. The highest BCUT2D eigenvalue weighted by Gasteiger charge is 2.41. The molecule has 3 nitrogen and oxygen atoms in total. The first-order valence-corrected chi connectivity index (χ1v) is 6.54. The van der Waals surface area contributed by atoms with E-state index in [1.54, 1.807) is 0 Å². The van der Waals surface area contributed by atoms with Crippen LogP contribution in [0, 0.1) is 16.7 Å². The van der Waals surface area contributed by atoms with Gasteiger partial charge in [0.05, 0.1) is 24.2 Å². The third kappa shape index (κ3) is 2.34. The van der Waals surface area contributed by atoms with Crippen LogP contribution in [0.15, 0.2) is 24.3 Å². The fourth-order valence-corrected chi connectivity index (χ4v) is 2.68. The Kier molecular flexibility index (Phi) is 3.88. The van der Waals surface area contributed by atoms with Gasteiger partial charge in [0.15, 0.2) is 0 Å². The number of aliphatic hydroxyl groups is 1. The molecule has 96 valence electrons. The summed E-state index contributed by atoms with van der Waals surface area (Å²) in [5, 5.41) is 19.8. The Morgan fingerprint density at radius 3 is 2.44 bits per heavy atom. The summed E-state index contributed by atoms with van der Waals surface area (Å²) in [4.78, 5) is 0. The molecular weight excluding hydrogens is 226 g/mol. The lowest BCUT2D eigenvalue weighted by atomic mass is 9.79. The minimum atomic E-state index is -0.694. The zero-order valence-electron chi connectivity index (χ0n) is 10.7. The maximum atomic E-state index is 10.4. The fourth-order valence-electron chi connectivity index (χ4n) is 2.68. The van der Waals surface area contributed by atoms with E-state index in [9.17, 15) is 10.4 Å². The molecule has 0 amide bonds. The molecule has 0 radical (unpaired) electrons. The van der Waals surface area contributed by atoms with Gasteiger partial charge >= 0.3 is 0 Å². The van der Waals surface area contributed by atoms with Crippen molar-refractivity contribution in [2.45, 2.75) is 38.7 Å². The normalized spacial score (nSPS) is 19.2. The Balaban J connectivity index is 2.18. The Labute approximate surface area is 108 Å². The van der Waals surface area contributed by atoms with Crippen molar-refractivity contribution in [1.82, 2.24) is 0 Å². The average Bonchev–Trinajstić information content (AvgIpc) is 2.89. The third-order valence-corrected chi connectivity index (χ3v) is 3.75. The van der Waals surface area contributed by atoms with Crippen LogP contribution in [0.5, 0.6) is 5.75 Å². The summed E-state index contributed by atoms with van der Waals surface area (Å²) in [5.41, 5.74) is 0.217. The van der Waals surface area contributed by atoms with Gasteiger partial charge in [0.1, 0.15) is 5.75 Å². The lowest BCUT2D eigenvalue weighted by Gasteiger charge is -2.27. The number of nitriles is 1. The smallest absolute Gasteiger partial charge is 0.119 e. The molecule has 1 unspecified atom stereocenters. The van der Waals surface area contributed by atoms with Gasteiger partial charge in [0.25, 0.3) is 0 Å². The van der Waals surface area contributed by atoms with E-state index in [2.05, 4.69) is 6.07 Å². The van der Waals surface area contributed by atoms with E-state index in [4.69, 9.17) is 4.74 Å². The van der Waals surface area contributed by atoms with Crippen LogP contribution in [0.25, 0.3) is 0 Å². The highest BCUT2D eigenvalue weighted by Crippen LogP contribution is 2.47. The number of nitrogens with zero attached hydrogens (tertiary/aromatic N) is 1. The molecule has 0 bridgehead atoms. The predicted octanol–water partition coefficient (Wildman–Crippen LogP) is 3.20. The van der Waals surface area contributed by atoms with E-state index >= 15 is 0 Å². The Morgan fingerprint density at radius 1 is 1.33 bits per heavy atom. The van der Waals surface area contributed by atoms with Crippen LogP contribution in [-0.2, 0) is 0 Å². The van der Waals surface area contributed by atoms with E-state index in [0.717, 1.165) is 37.0 Å². The van der Waals surface area contributed by atoms with Gasteiger partial charge in [0, 0.05) is 0 Å². The van der Waals surface area contributed by atoms with E-state index in [1.165, 1.54) is 0 Å². The molecule has 1 N–H and O–H groups in total. The molecule has 0 saturated heterocycles. The van der Waals surface area contributed by atoms with E-state index < -0.39 is 11.5 Å². The van der Waals surface area contributed by atoms with Gasteiger partial charge in [-0.2, -0.15) is 5.26 Å². The second kappa shape index (κ2) is 5.41. The van der Waals surface area contributed by atoms with Crippen molar-refractivity contribution in [3.63, 3.8) is 0 Å². The van der Waals surface area contributed by atoms with Crippen LogP contribution in [-0.4, -0.2) is 11.7 Å². The van der Waals surface area contributed by atoms with Crippen LogP contribution < -0.4 is 4.74 Å². The first kappa shape index (κ1) is 12.9. The summed E-state index contributed by atoms with van der Waals surface area (Å²) in [5.74, 6) is 0.797. The maximum absolute atomic E-state index is 10.4. The molecule has 1 saturated carbocycles. The van der Waals surface area contributed by atoms with Crippen LogP contribution in [0.3, 0.4) is 0 Å². The summed E-state index contributed by atoms with van der Waals surface area (Å²) >= 11 is 0. The van der Waals surface area contributed by atoms with Gasteiger partial charge < -0.3 is 9.84 Å². The first-order chi connectivity index (χ1) is 8.72. The van der Waals surface area contributed by atoms with Crippen molar-refractivity contribution in [3.8, 4) is 11.8 Å². The summed E-state index contributed by atoms with van der Waals surface area (Å²) in [7, 11) is 0. The van der Waals surface area contributed by atoms with E-state index in [0.29, 0.717) is 6.61 Å². The largest absolute Gasteiger partial charge is 0.494 e. The minimum absolute atomic E-state index is 0.590. The number of rotatable bonds is 4. The predicted molar refractivity (Wildman–Crippen MR) is 69.1 cm³/mol. The maximum Gasteiger partial charge on any atom is 0.119 e. The molecule has 1 atom stereocenters. The number of hydrogen-bond donors (Lipinski definition) is 1. The van der Waals surface area contributed by atoms with Gasteiger partial charge in [0.2, 0.25) is 0 Å². The molecule has 1 aliphatic rings. The van der Waals surface area contributed by atoms with E-state index in [-0.39, 0.29) is 0 Å². The summed E-state index contributed by atoms with van der Waals surface area (Å²) in [6, 6.07) is 9.74. The molecule has 1 fully saturated rings. The van der Waals surface area contributed by atoms with Gasteiger partial charge in [-0.15, -0.1) is 0 Å². The lowest BCUT2D eigenvalue weighted by Crippen LogP contribution is -2.23. The first-order valence-electron chi connectivity index (χ1n) is 6.54. The molecule has 1 aromatic carbocycles. The lowest BCUT2D eigenvalue weighted by molar-refractivity contribution is 0.0670. The van der Waals surface area contributed by atoms with Crippen molar-refractivity contribution < 1.29 is 9.84 Å². The number of aliphatic hydroxyl groups excluding tert-OH is 1. The van der Waals surface area contributed by atoms with Crippen LogP contribution in [0.4, 0.5) is 0 Å². The molecule has 0 aromatic heterocycles. The van der Waals surface area contributed by atoms with Crippen LogP contribution in [0.1, 0.15) is 44.3 Å². The zero-order chi connectivity index (χ0) is 13.0.